The largest absolute Gasteiger partial charge is 0.366 e. The minimum Gasteiger partial charge on any atom is -0.366 e. The van der Waals surface area contributed by atoms with Crippen molar-refractivity contribution in [2.24, 2.45) is 22.9 Å². The third-order valence-electron chi connectivity index (χ3n) is 5.31. The summed E-state index contributed by atoms with van der Waals surface area (Å²) in [5, 5.41) is 0. The number of carbonyl (C=O) groups excluding carboxylic acids is 4. The highest BCUT2D eigenvalue weighted by atomic mass is 16.2. The number of carbonyl (C=O) groups is 4. The van der Waals surface area contributed by atoms with E-state index in [0.29, 0.717) is 22.3 Å². The lowest BCUT2D eigenvalue weighted by Crippen LogP contribution is -2.22. The Bertz CT molecular complexity index is 1190. The molecule has 0 saturated heterocycles. The second-order valence-electron chi connectivity index (χ2n) is 7.39. The Morgan fingerprint density at radius 2 is 0.812 bits per heavy atom. The molecule has 8 nitrogen and oxygen atoms in total. The van der Waals surface area contributed by atoms with Gasteiger partial charge in [-0.05, 0) is 59.4 Å². The third kappa shape index (κ3) is 3.81. The predicted octanol–water partition coefficient (Wildman–Crippen LogP) is 2.03. The lowest BCUT2D eigenvalue weighted by molar-refractivity contribution is 0.0967. The molecule has 0 heterocycles. The first-order chi connectivity index (χ1) is 15.0. The molecule has 32 heavy (non-hydrogen) atoms. The van der Waals surface area contributed by atoms with E-state index in [1.165, 1.54) is 12.1 Å². The summed E-state index contributed by atoms with van der Waals surface area (Å²) in [7, 11) is 0. The number of rotatable bonds is 6. The zero-order valence-corrected chi connectivity index (χ0v) is 17.6. The van der Waals surface area contributed by atoms with Crippen molar-refractivity contribution in [1.29, 1.82) is 0 Å². The highest BCUT2D eigenvalue weighted by Crippen LogP contribution is 2.34. The molecule has 0 spiro atoms. The SMILES string of the molecule is Cc1ccc(C(N)=O)c(C(N)=O)c1-c1ccc(-c2c(C)ccc(C(N)=O)c2C(N)=O)cc1. The molecule has 0 unspecified atom stereocenters. The van der Waals surface area contributed by atoms with Crippen LogP contribution in [-0.2, 0) is 0 Å². The Kier molecular flexibility index (Phi) is 5.80. The van der Waals surface area contributed by atoms with Gasteiger partial charge in [0, 0.05) is 0 Å². The monoisotopic (exact) mass is 430 g/mol. The van der Waals surface area contributed by atoms with Gasteiger partial charge in [0.25, 0.3) is 0 Å². The molecule has 0 saturated carbocycles. The molecule has 162 valence electrons. The highest BCUT2D eigenvalue weighted by molar-refractivity contribution is 6.12. The molecule has 0 aliphatic carbocycles. The Morgan fingerprint density at radius 1 is 0.500 bits per heavy atom. The average Bonchev–Trinajstić information content (AvgIpc) is 2.72. The second kappa shape index (κ2) is 8.35. The molecule has 8 heteroatoms. The predicted molar refractivity (Wildman–Crippen MR) is 121 cm³/mol. The molecule has 0 aliphatic rings. The quantitative estimate of drug-likeness (QED) is 0.469. The summed E-state index contributed by atoms with van der Waals surface area (Å²) in [6.45, 7) is 3.57. The van der Waals surface area contributed by atoms with Crippen LogP contribution >= 0.6 is 0 Å². The number of amides is 4. The summed E-state index contributed by atoms with van der Waals surface area (Å²) in [6.07, 6.45) is 0. The van der Waals surface area contributed by atoms with E-state index in [0.717, 1.165) is 11.1 Å². The molecule has 0 fully saturated rings. The average molecular weight is 430 g/mol. The van der Waals surface area contributed by atoms with Crippen LogP contribution in [0.15, 0.2) is 48.5 Å². The molecule has 3 aromatic rings. The summed E-state index contributed by atoms with van der Waals surface area (Å²) in [5.41, 5.74) is 25.7. The normalized spacial score (nSPS) is 10.6. The van der Waals surface area contributed by atoms with Gasteiger partial charge in [-0.3, -0.25) is 19.2 Å². The van der Waals surface area contributed by atoms with Gasteiger partial charge in [-0.15, -0.1) is 0 Å². The topological polar surface area (TPSA) is 172 Å². The van der Waals surface area contributed by atoms with Gasteiger partial charge in [0.1, 0.15) is 0 Å². The summed E-state index contributed by atoms with van der Waals surface area (Å²) in [4.78, 5) is 47.9. The number of benzene rings is 3. The number of nitrogens with two attached hydrogens (primary N) is 4. The smallest absolute Gasteiger partial charge is 0.250 e. The van der Waals surface area contributed by atoms with Crippen LogP contribution in [0.1, 0.15) is 52.6 Å². The maximum absolute atomic E-state index is 12.1. The van der Waals surface area contributed by atoms with E-state index in [1.807, 2.05) is 0 Å². The van der Waals surface area contributed by atoms with Crippen LogP contribution in [0.25, 0.3) is 22.3 Å². The van der Waals surface area contributed by atoms with Gasteiger partial charge in [-0.25, -0.2) is 0 Å². The van der Waals surface area contributed by atoms with E-state index in [4.69, 9.17) is 22.9 Å². The summed E-state index contributed by atoms with van der Waals surface area (Å²) >= 11 is 0. The molecular formula is C24H22N4O4. The molecule has 4 amide bonds. The van der Waals surface area contributed by atoms with Crippen LogP contribution in [0.4, 0.5) is 0 Å². The van der Waals surface area contributed by atoms with Gasteiger partial charge in [0.15, 0.2) is 0 Å². The number of hydrogen-bond donors (Lipinski definition) is 4. The van der Waals surface area contributed by atoms with Crippen LogP contribution in [0.3, 0.4) is 0 Å². The molecule has 8 N–H and O–H groups in total. The Balaban J connectivity index is 2.24. The van der Waals surface area contributed by atoms with Crippen molar-refractivity contribution < 1.29 is 19.2 Å². The second-order valence-corrected chi connectivity index (χ2v) is 7.39. The molecule has 0 aromatic heterocycles. The van der Waals surface area contributed by atoms with Crippen molar-refractivity contribution in [2.75, 3.05) is 0 Å². The van der Waals surface area contributed by atoms with E-state index in [1.54, 1.807) is 50.2 Å². The number of hydrogen-bond acceptors (Lipinski definition) is 4. The van der Waals surface area contributed by atoms with Crippen LogP contribution in [0, 0.1) is 13.8 Å². The Labute approximate surface area is 184 Å². The van der Waals surface area contributed by atoms with Gasteiger partial charge >= 0.3 is 0 Å². The molecule has 0 bridgehead atoms. The Hall–Kier alpha value is -4.46. The molecule has 0 atom stereocenters. The minimum atomic E-state index is -0.775. The minimum absolute atomic E-state index is 0.0307. The lowest BCUT2D eigenvalue weighted by atomic mass is 9.87. The third-order valence-corrected chi connectivity index (χ3v) is 5.31. The van der Waals surface area contributed by atoms with Crippen LogP contribution < -0.4 is 22.9 Å². The van der Waals surface area contributed by atoms with Gasteiger partial charge in [0.2, 0.25) is 23.6 Å². The molecule has 0 radical (unpaired) electrons. The zero-order valence-electron chi connectivity index (χ0n) is 17.6. The molecule has 3 rings (SSSR count). The van der Waals surface area contributed by atoms with Crippen molar-refractivity contribution in [3.63, 3.8) is 0 Å². The molecule has 3 aromatic carbocycles. The maximum atomic E-state index is 12.1. The standard InChI is InChI=1S/C24H22N4O4/c1-11-3-9-15(21(25)29)19(23(27)31)17(11)13-5-7-14(8-6-13)18-12(2)4-10-16(22(26)30)20(18)24(28)32/h3-10H,1-2H3,(H2,25,29)(H2,26,30)(H2,27,31)(H2,28,32). The van der Waals surface area contributed by atoms with E-state index in [-0.39, 0.29) is 22.3 Å². The summed E-state index contributed by atoms with van der Waals surface area (Å²) < 4.78 is 0. The summed E-state index contributed by atoms with van der Waals surface area (Å²) in [5.74, 6) is -3.08. The fourth-order valence-corrected chi connectivity index (χ4v) is 3.88. The van der Waals surface area contributed by atoms with Gasteiger partial charge in [-0.1, -0.05) is 36.4 Å². The van der Waals surface area contributed by atoms with Crippen molar-refractivity contribution in [3.05, 3.63) is 81.9 Å². The van der Waals surface area contributed by atoms with Crippen molar-refractivity contribution in [3.8, 4) is 22.3 Å². The maximum Gasteiger partial charge on any atom is 0.250 e. The first-order valence-corrected chi connectivity index (χ1v) is 9.61. The Morgan fingerprint density at radius 3 is 1.06 bits per heavy atom. The van der Waals surface area contributed by atoms with Gasteiger partial charge in [0.05, 0.1) is 22.3 Å². The molecular weight excluding hydrogens is 408 g/mol. The van der Waals surface area contributed by atoms with Gasteiger partial charge in [-0.2, -0.15) is 0 Å². The van der Waals surface area contributed by atoms with Crippen LogP contribution in [-0.4, -0.2) is 23.6 Å². The van der Waals surface area contributed by atoms with Crippen LogP contribution in [0.2, 0.25) is 0 Å². The highest BCUT2D eigenvalue weighted by Gasteiger charge is 2.22. The van der Waals surface area contributed by atoms with E-state index >= 15 is 0 Å². The lowest BCUT2D eigenvalue weighted by Gasteiger charge is -2.16. The first kappa shape index (κ1) is 22.2. The molecule has 0 aliphatic heterocycles. The number of primary amides is 4. The van der Waals surface area contributed by atoms with E-state index in [9.17, 15) is 19.2 Å². The van der Waals surface area contributed by atoms with Crippen molar-refractivity contribution in [1.82, 2.24) is 0 Å². The number of aryl methyl sites for hydroxylation is 2. The van der Waals surface area contributed by atoms with Crippen molar-refractivity contribution >= 4 is 23.6 Å². The van der Waals surface area contributed by atoms with E-state index < -0.39 is 23.6 Å². The van der Waals surface area contributed by atoms with Crippen LogP contribution in [0.5, 0.6) is 0 Å². The fourth-order valence-electron chi connectivity index (χ4n) is 3.88. The van der Waals surface area contributed by atoms with E-state index in [2.05, 4.69) is 0 Å². The van der Waals surface area contributed by atoms with Crippen molar-refractivity contribution in [2.45, 2.75) is 13.8 Å². The fraction of sp³-hybridized carbons (Fsp3) is 0.0833. The summed E-state index contributed by atoms with van der Waals surface area (Å²) in [6, 6.07) is 13.2. The first-order valence-electron chi connectivity index (χ1n) is 9.61. The van der Waals surface area contributed by atoms with Gasteiger partial charge < -0.3 is 22.9 Å². The zero-order chi connectivity index (χ0) is 23.7.